The summed E-state index contributed by atoms with van der Waals surface area (Å²) in [7, 11) is 0. The van der Waals surface area contributed by atoms with Crippen LogP contribution < -0.4 is 0 Å². The van der Waals surface area contributed by atoms with Crippen LogP contribution in [-0.2, 0) is 0 Å². The van der Waals surface area contributed by atoms with E-state index in [-0.39, 0.29) is 11.8 Å². The minimum absolute atomic E-state index is 0.245. The minimum Gasteiger partial charge on any atom is -0.455 e. The van der Waals surface area contributed by atoms with Crippen LogP contribution in [0, 0.1) is 11.8 Å². The Bertz CT molecular complexity index is 3890. The van der Waals surface area contributed by atoms with Gasteiger partial charge in [-0.3, -0.25) is 4.98 Å². The van der Waals surface area contributed by atoms with Gasteiger partial charge in [-0.2, -0.15) is 0 Å². The van der Waals surface area contributed by atoms with Gasteiger partial charge in [0.2, 0.25) is 0 Å². The van der Waals surface area contributed by atoms with E-state index in [1.807, 2.05) is 24.4 Å². The molecule has 10 aromatic rings. The zero-order valence-electron chi connectivity index (χ0n) is 34.0. The number of nitrogens with zero attached hydrogens (tertiary/aromatic N) is 3. The van der Waals surface area contributed by atoms with E-state index in [4.69, 9.17) is 19.4 Å². The second kappa shape index (κ2) is 13.1. The van der Waals surface area contributed by atoms with Crippen molar-refractivity contribution in [1.82, 2.24) is 15.0 Å². The molecule has 0 saturated carbocycles. The van der Waals surface area contributed by atoms with Gasteiger partial charge in [-0.1, -0.05) is 164 Å². The first kappa shape index (κ1) is 34.5. The van der Waals surface area contributed by atoms with Gasteiger partial charge < -0.3 is 4.42 Å². The lowest BCUT2D eigenvalue weighted by molar-refractivity contribution is 0.568. The third-order valence-corrected chi connectivity index (χ3v) is 13.7. The van der Waals surface area contributed by atoms with E-state index < -0.39 is 0 Å². The van der Waals surface area contributed by atoms with Crippen molar-refractivity contribution in [2.75, 3.05) is 0 Å². The van der Waals surface area contributed by atoms with Crippen LogP contribution in [0.3, 0.4) is 0 Å². The minimum atomic E-state index is 0.245. The van der Waals surface area contributed by atoms with E-state index in [2.05, 4.69) is 176 Å². The van der Waals surface area contributed by atoms with Crippen molar-refractivity contribution >= 4 is 76.6 Å². The van der Waals surface area contributed by atoms with Gasteiger partial charge >= 0.3 is 0 Å². The van der Waals surface area contributed by atoms with Gasteiger partial charge in [-0.15, -0.1) is 0 Å². The number of aromatic nitrogens is 3. The largest absolute Gasteiger partial charge is 0.455 e. The Hall–Kier alpha value is -8.21. The normalized spacial score (nSPS) is 17.7. The Labute approximate surface area is 362 Å². The molecule has 4 aliphatic carbocycles. The molecule has 14 rings (SSSR count). The first-order chi connectivity index (χ1) is 31.2. The predicted molar refractivity (Wildman–Crippen MR) is 259 cm³/mol. The van der Waals surface area contributed by atoms with E-state index >= 15 is 0 Å². The highest BCUT2D eigenvalue weighted by Gasteiger charge is 2.40. The highest BCUT2D eigenvalue weighted by molar-refractivity contribution is 6.24. The fourth-order valence-electron chi connectivity index (χ4n) is 10.7. The Morgan fingerprint density at radius 1 is 0.476 bits per heavy atom. The molecule has 4 heteroatoms. The molecule has 2 unspecified atom stereocenters. The Morgan fingerprint density at radius 3 is 2.16 bits per heavy atom. The molecule has 0 N–H and O–H groups in total. The molecule has 292 valence electrons. The number of furan rings is 1. The molecule has 4 aromatic heterocycles. The first-order valence-electron chi connectivity index (χ1n) is 21.6. The van der Waals surface area contributed by atoms with Crippen LogP contribution in [0.2, 0.25) is 0 Å². The molecule has 0 aliphatic heterocycles. The molecule has 0 fully saturated rings. The van der Waals surface area contributed by atoms with Gasteiger partial charge in [0.05, 0.1) is 27.9 Å². The number of para-hydroxylation sites is 2. The fraction of sp³-hybridized carbons (Fsp3) is 0.0339. The van der Waals surface area contributed by atoms with Crippen molar-refractivity contribution in [2.45, 2.75) is 0 Å². The summed E-state index contributed by atoms with van der Waals surface area (Å²) >= 11 is 0. The van der Waals surface area contributed by atoms with Crippen LogP contribution in [0.4, 0.5) is 0 Å². The average Bonchev–Trinajstić information content (AvgIpc) is 3.74. The lowest BCUT2D eigenvalue weighted by Crippen LogP contribution is -2.29. The highest BCUT2D eigenvalue weighted by atomic mass is 16.3. The monoisotopic (exact) mass is 801 g/mol. The summed E-state index contributed by atoms with van der Waals surface area (Å²) in [4.78, 5) is 15.5. The quantitative estimate of drug-likeness (QED) is 0.166. The zero-order valence-corrected chi connectivity index (χ0v) is 34.0. The molecule has 4 nitrogen and oxygen atoms in total. The van der Waals surface area contributed by atoms with E-state index in [1.165, 1.54) is 39.0 Å². The molecule has 4 aliphatic rings. The Morgan fingerprint density at radius 2 is 1.24 bits per heavy atom. The van der Waals surface area contributed by atoms with Crippen molar-refractivity contribution in [2.24, 2.45) is 11.8 Å². The molecule has 6 aromatic carbocycles. The topological polar surface area (TPSA) is 51.8 Å². The standard InChI is InChI=1S/C59H35N3O/c1-2-8-35(9-3-1)50-29-24-38-19-21-41-32-43(33-60-57(41)58(38)61-50)44-25-22-36-16-20-39-30-42(31-40-23-26-46(44)54(36)53(39)40)34-14-17-37(18-15-34)56-49-28-27-47-45-10-5-7-13-52(45)63-59(47)55(49)48-11-4-6-12-51(48)62-56/h1-33,53-54H. The number of benzene rings is 6. The van der Waals surface area contributed by atoms with Crippen molar-refractivity contribution in [3.8, 4) is 22.5 Å². The van der Waals surface area contributed by atoms with Gasteiger partial charge in [-0.05, 0) is 69.3 Å². The lowest BCUT2D eigenvalue weighted by atomic mass is 9.62. The van der Waals surface area contributed by atoms with Crippen molar-refractivity contribution in [3.63, 3.8) is 0 Å². The molecular formula is C59H35N3O. The molecule has 0 amide bonds. The second-order valence-corrected chi connectivity index (χ2v) is 17.1. The number of fused-ring (bicyclic) bond motifs is 10. The summed E-state index contributed by atoms with van der Waals surface area (Å²) in [6.07, 6.45) is 20.8. The van der Waals surface area contributed by atoms with Crippen molar-refractivity contribution < 1.29 is 4.42 Å². The Balaban J connectivity index is 0.819. The van der Waals surface area contributed by atoms with Gasteiger partial charge in [0.15, 0.2) is 0 Å². The summed E-state index contributed by atoms with van der Waals surface area (Å²) in [5, 5.41) is 7.73. The van der Waals surface area contributed by atoms with E-state index in [9.17, 15) is 0 Å². The van der Waals surface area contributed by atoms with E-state index in [1.54, 1.807) is 0 Å². The number of pyridine rings is 3. The van der Waals surface area contributed by atoms with Crippen molar-refractivity contribution in [1.29, 1.82) is 0 Å². The molecule has 0 spiro atoms. The second-order valence-electron chi connectivity index (χ2n) is 17.1. The molecule has 63 heavy (non-hydrogen) atoms. The van der Waals surface area contributed by atoms with Crippen LogP contribution in [0.25, 0.3) is 99.1 Å². The average molecular weight is 802 g/mol. The molecule has 0 bridgehead atoms. The van der Waals surface area contributed by atoms with E-state index in [0.29, 0.717) is 0 Å². The predicted octanol–water partition coefficient (Wildman–Crippen LogP) is 14.7. The van der Waals surface area contributed by atoms with Crippen molar-refractivity contribution in [3.05, 3.63) is 234 Å². The van der Waals surface area contributed by atoms with Crippen LogP contribution in [0.15, 0.2) is 227 Å². The zero-order chi connectivity index (χ0) is 41.2. The first-order valence-corrected chi connectivity index (χ1v) is 21.6. The summed E-state index contributed by atoms with van der Waals surface area (Å²) in [6.45, 7) is 0. The maximum Gasteiger partial charge on any atom is 0.144 e. The third kappa shape index (κ3) is 5.19. The third-order valence-electron chi connectivity index (χ3n) is 13.7. The molecule has 2 atom stereocenters. The number of hydrogen-bond donors (Lipinski definition) is 0. The summed E-state index contributed by atoms with van der Waals surface area (Å²) in [6, 6.07) is 51.3. The number of allylic oxidation sites excluding steroid dienone is 14. The summed E-state index contributed by atoms with van der Waals surface area (Å²) < 4.78 is 6.57. The molecular weight excluding hydrogens is 767 g/mol. The van der Waals surface area contributed by atoms with Gasteiger partial charge in [0.1, 0.15) is 11.2 Å². The van der Waals surface area contributed by atoms with Gasteiger partial charge in [-0.25, -0.2) is 9.97 Å². The molecule has 0 radical (unpaired) electrons. The number of hydrogen-bond acceptors (Lipinski definition) is 4. The van der Waals surface area contributed by atoms with Gasteiger partial charge in [0.25, 0.3) is 0 Å². The maximum atomic E-state index is 6.57. The van der Waals surface area contributed by atoms with Crippen LogP contribution >= 0.6 is 0 Å². The summed E-state index contributed by atoms with van der Waals surface area (Å²) in [5.74, 6) is 0.503. The van der Waals surface area contributed by atoms with Crippen LogP contribution in [0.5, 0.6) is 0 Å². The smallest absolute Gasteiger partial charge is 0.144 e. The maximum absolute atomic E-state index is 6.57. The van der Waals surface area contributed by atoms with Crippen LogP contribution in [-0.4, -0.2) is 15.0 Å². The SMILES string of the molecule is C1=CC2=CC=C(c3cnc4c(ccc5ccc(-c6ccccc6)nc54)c3)C3=CC=C4C=C(c5ccc(-c6nc7ccccc7c7c6ccc6c8ccccc8oc67)cc5)C=C1C4C23. The summed E-state index contributed by atoms with van der Waals surface area (Å²) in [5.41, 5.74) is 18.9. The number of rotatable bonds is 4. The Kier molecular flexibility index (Phi) is 7.20. The molecule has 0 saturated heterocycles. The van der Waals surface area contributed by atoms with E-state index in [0.717, 1.165) is 93.5 Å². The fourth-order valence-corrected chi connectivity index (χ4v) is 10.7. The lowest BCUT2D eigenvalue weighted by Gasteiger charge is -2.41. The van der Waals surface area contributed by atoms with Crippen LogP contribution in [0.1, 0.15) is 11.1 Å². The highest BCUT2D eigenvalue weighted by Crippen LogP contribution is 2.53. The van der Waals surface area contributed by atoms with Gasteiger partial charge in [0, 0.05) is 72.4 Å². The molecule has 4 heterocycles.